The van der Waals surface area contributed by atoms with E-state index in [0.29, 0.717) is 50.2 Å². The third-order valence-corrected chi connectivity index (χ3v) is 9.60. The molecule has 0 radical (unpaired) electrons. The standard InChI is InChI=1S/C20H31ClN4O5S/c1-19(2,13-30-11-10-23(3)4)31(28,29)20(7-8-20)12-25-9-6-14-15(17(21)26)22-24(5)16(14)18(25)27/h6-13H2,1-5H3. The van der Waals surface area contributed by atoms with Crippen LogP contribution in [-0.4, -0.2) is 95.6 Å². The van der Waals surface area contributed by atoms with Gasteiger partial charge in [0.1, 0.15) is 11.4 Å². The molecule has 1 saturated carbocycles. The van der Waals surface area contributed by atoms with Gasteiger partial charge in [-0.15, -0.1) is 0 Å². The van der Waals surface area contributed by atoms with E-state index in [9.17, 15) is 18.0 Å². The number of nitrogens with zero attached hydrogens (tertiary/aromatic N) is 4. The predicted molar refractivity (Wildman–Crippen MR) is 117 cm³/mol. The van der Waals surface area contributed by atoms with Crippen LogP contribution in [0.5, 0.6) is 0 Å². The highest BCUT2D eigenvalue weighted by molar-refractivity contribution is 7.94. The monoisotopic (exact) mass is 474 g/mol. The second kappa shape index (κ2) is 8.46. The van der Waals surface area contributed by atoms with Crippen molar-refractivity contribution in [2.24, 2.45) is 7.05 Å². The Hall–Kier alpha value is -1.49. The summed E-state index contributed by atoms with van der Waals surface area (Å²) in [6.45, 7) is 5.10. The molecule has 0 unspecified atom stereocenters. The number of aromatic nitrogens is 2. The number of sulfone groups is 1. The number of carbonyl (C=O) groups is 2. The molecule has 0 N–H and O–H groups in total. The molecule has 2 aliphatic rings. The predicted octanol–water partition coefficient (Wildman–Crippen LogP) is 1.10. The zero-order valence-corrected chi connectivity index (χ0v) is 20.3. The molecule has 1 aromatic rings. The molecule has 1 aromatic heterocycles. The topological polar surface area (TPSA) is 102 Å². The van der Waals surface area contributed by atoms with E-state index in [-0.39, 0.29) is 24.8 Å². The highest BCUT2D eigenvalue weighted by Crippen LogP contribution is 2.49. The molecular formula is C20H31ClN4O5S. The number of rotatable bonds is 10. The van der Waals surface area contributed by atoms with Gasteiger partial charge in [0, 0.05) is 32.2 Å². The van der Waals surface area contributed by atoms with E-state index in [0.717, 1.165) is 0 Å². The summed E-state index contributed by atoms with van der Waals surface area (Å²) in [6.07, 6.45) is 1.45. The van der Waals surface area contributed by atoms with Crippen molar-refractivity contribution in [3.63, 3.8) is 0 Å². The molecule has 2 heterocycles. The van der Waals surface area contributed by atoms with Crippen LogP contribution in [0.1, 0.15) is 53.2 Å². The molecule has 31 heavy (non-hydrogen) atoms. The van der Waals surface area contributed by atoms with Crippen LogP contribution in [0.25, 0.3) is 0 Å². The fourth-order valence-electron chi connectivity index (χ4n) is 4.11. The van der Waals surface area contributed by atoms with Gasteiger partial charge in [0.15, 0.2) is 9.84 Å². The van der Waals surface area contributed by atoms with Crippen molar-refractivity contribution in [2.75, 3.05) is 46.9 Å². The first-order valence-corrected chi connectivity index (χ1v) is 12.2. The highest BCUT2D eigenvalue weighted by Gasteiger charge is 2.61. The Labute approximate surface area is 188 Å². The van der Waals surface area contributed by atoms with Gasteiger partial charge in [-0.05, 0) is 58.8 Å². The SMILES string of the molecule is CN(C)CCOCC(C)(C)S(=O)(=O)C1(CN2CCc3c(C(=O)Cl)nn(C)c3C2=O)CC1. The van der Waals surface area contributed by atoms with Crippen molar-refractivity contribution < 1.29 is 22.7 Å². The Bertz CT molecular complexity index is 982. The molecule has 174 valence electrons. The number of amides is 1. The molecule has 1 amide bonds. The lowest BCUT2D eigenvalue weighted by molar-refractivity contribution is 0.0723. The van der Waals surface area contributed by atoms with Gasteiger partial charge < -0.3 is 14.5 Å². The van der Waals surface area contributed by atoms with E-state index in [2.05, 4.69) is 5.10 Å². The Balaban J connectivity index is 1.75. The van der Waals surface area contributed by atoms with E-state index in [1.807, 2.05) is 19.0 Å². The van der Waals surface area contributed by atoms with E-state index in [1.54, 1.807) is 25.8 Å². The summed E-state index contributed by atoms with van der Waals surface area (Å²) in [6, 6.07) is 0. The number of halogens is 1. The van der Waals surface area contributed by atoms with E-state index in [4.69, 9.17) is 16.3 Å². The lowest BCUT2D eigenvalue weighted by atomic mass is 10.0. The highest BCUT2D eigenvalue weighted by atomic mass is 35.5. The van der Waals surface area contributed by atoms with Crippen LogP contribution in [0.15, 0.2) is 0 Å². The van der Waals surface area contributed by atoms with Gasteiger partial charge >= 0.3 is 0 Å². The molecule has 1 aliphatic heterocycles. The summed E-state index contributed by atoms with van der Waals surface area (Å²) in [5.74, 6) is -0.318. The minimum atomic E-state index is -3.58. The maximum Gasteiger partial charge on any atom is 0.273 e. The minimum absolute atomic E-state index is 0.0944. The van der Waals surface area contributed by atoms with Crippen LogP contribution in [-0.2, 0) is 28.0 Å². The first-order chi connectivity index (χ1) is 14.3. The van der Waals surface area contributed by atoms with Gasteiger partial charge in [-0.25, -0.2) is 8.42 Å². The molecule has 11 heteroatoms. The summed E-state index contributed by atoms with van der Waals surface area (Å²) < 4.78 is 32.1. The van der Waals surface area contributed by atoms with E-state index in [1.165, 1.54) is 4.68 Å². The molecule has 1 fully saturated rings. The molecular weight excluding hydrogens is 444 g/mol. The third kappa shape index (κ3) is 4.40. The molecule has 3 rings (SSSR count). The minimum Gasteiger partial charge on any atom is -0.379 e. The molecule has 0 aromatic carbocycles. The van der Waals surface area contributed by atoms with Crippen molar-refractivity contribution in [1.29, 1.82) is 0 Å². The van der Waals surface area contributed by atoms with Crippen LogP contribution >= 0.6 is 11.6 Å². The quantitative estimate of drug-likeness (QED) is 0.369. The van der Waals surface area contributed by atoms with Crippen molar-refractivity contribution in [3.05, 3.63) is 17.0 Å². The first-order valence-electron chi connectivity index (χ1n) is 10.3. The van der Waals surface area contributed by atoms with Crippen molar-refractivity contribution >= 4 is 32.6 Å². The second-order valence-corrected chi connectivity index (χ2v) is 12.7. The molecule has 1 aliphatic carbocycles. The van der Waals surface area contributed by atoms with Gasteiger partial charge in [-0.2, -0.15) is 5.10 Å². The lowest BCUT2D eigenvalue weighted by Crippen LogP contribution is -2.52. The van der Waals surface area contributed by atoms with Crippen molar-refractivity contribution in [2.45, 2.75) is 42.6 Å². The molecule has 0 spiro atoms. The van der Waals surface area contributed by atoms with Gasteiger partial charge in [0.2, 0.25) is 0 Å². The van der Waals surface area contributed by atoms with Gasteiger partial charge in [0.25, 0.3) is 11.1 Å². The number of aryl methyl sites for hydroxylation is 1. The van der Waals surface area contributed by atoms with Gasteiger partial charge in [-0.1, -0.05) is 0 Å². The normalized spacial score (nSPS) is 18.4. The fourth-order valence-corrected chi connectivity index (χ4v) is 6.63. The number of carbonyl (C=O) groups excluding carboxylic acids is 2. The smallest absolute Gasteiger partial charge is 0.273 e. The van der Waals surface area contributed by atoms with Crippen molar-refractivity contribution in [1.82, 2.24) is 19.6 Å². The first kappa shape index (κ1) is 24.2. The Morgan fingerprint density at radius 2 is 1.97 bits per heavy atom. The lowest BCUT2D eigenvalue weighted by Gasteiger charge is -2.35. The zero-order valence-electron chi connectivity index (χ0n) is 18.8. The zero-order chi connectivity index (χ0) is 23.2. The average molecular weight is 475 g/mol. The van der Waals surface area contributed by atoms with Gasteiger partial charge in [-0.3, -0.25) is 14.3 Å². The Kier molecular flexibility index (Phi) is 6.59. The maximum atomic E-state index is 13.5. The van der Waals surface area contributed by atoms with Crippen LogP contribution < -0.4 is 0 Å². The largest absolute Gasteiger partial charge is 0.379 e. The summed E-state index contributed by atoms with van der Waals surface area (Å²) in [5, 5.41) is 3.38. The molecule has 0 saturated heterocycles. The van der Waals surface area contributed by atoms with Crippen LogP contribution in [0.4, 0.5) is 0 Å². The summed E-state index contributed by atoms with van der Waals surface area (Å²) in [5.41, 5.74) is 0.928. The number of likely N-dealkylation sites (N-methyl/N-ethyl adjacent to an activating group) is 1. The third-order valence-electron chi connectivity index (χ3n) is 6.17. The van der Waals surface area contributed by atoms with Crippen LogP contribution in [0.2, 0.25) is 0 Å². The van der Waals surface area contributed by atoms with E-state index < -0.39 is 24.6 Å². The summed E-state index contributed by atoms with van der Waals surface area (Å²) in [7, 11) is 1.87. The Morgan fingerprint density at radius 3 is 2.52 bits per heavy atom. The van der Waals surface area contributed by atoms with Crippen LogP contribution in [0.3, 0.4) is 0 Å². The average Bonchev–Trinajstić information content (AvgIpc) is 3.38. The number of hydrogen-bond acceptors (Lipinski definition) is 7. The van der Waals surface area contributed by atoms with Crippen molar-refractivity contribution in [3.8, 4) is 0 Å². The van der Waals surface area contributed by atoms with Gasteiger partial charge in [0.05, 0.1) is 22.7 Å². The number of ether oxygens (including phenoxy) is 1. The Morgan fingerprint density at radius 1 is 1.32 bits per heavy atom. The maximum absolute atomic E-state index is 13.5. The molecule has 0 bridgehead atoms. The second-order valence-electron chi connectivity index (χ2n) is 9.35. The molecule has 9 nitrogen and oxygen atoms in total. The molecule has 0 atom stereocenters. The summed E-state index contributed by atoms with van der Waals surface area (Å²) >= 11 is 5.60. The van der Waals surface area contributed by atoms with E-state index >= 15 is 0 Å². The summed E-state index contributed by atoms with van der Waals surface area (Å²) in [4.78, 5) is 28.3. The van der Waals surface area contributed by atoms with Crippen LogP contribution in [0, 0.1) is 0 Å². The number of hydrogen-bond donors (Lipinski definition) is 0. The number of fused-ring (bicyclic) bond motifs is 1. The fraction of sp³-hybridized carbons (Fsp3) is 0.750.